The number of carbonyl (C=O) groups excluding carboxylic acids is 1. The van der Waals surface area contributed by atoms with Crippen molar-refractivity contribution in [1.29, 1.82) is 0 Å². The van der Waals surface area contributed by atoms with Gasteiger partial charge in [0.1, 0.15) is 17.2 Å². The smallest absolute Gasteiger partial charge is 0.408 e. The Hall–Kier alpha value is -4.02. The molecule has 3 aromatic rings. The van der Waals surface area contributed by atoms with Crippen LogP contribution in [0.1, 0.15) is 72.6 Å². The van der Waals surface area contributed by atoms with Gasteiger partial charge in [0.25, 0.3) is 0 Å². The van der Waals surface area contributed by atoms with Gasteiger partial charge < -0.3 is 20.7 Å². The zero-order valence-corrected chi connectivity index (χ0v) is 26.4. The third-order valence-corrected chi connectivity index (χ3v) is 9.54. The molecule has 10 nitrogen and oxygen atoms in total. The number of nitrogens with zero attached hydrogens (tertiary/aromatic N) is 6. The maximum Gasteiger partial charge on any atom is 0.408 e. The van der Waals surface area contributed by atoms with Gasteiger partial charge in [-0.25, -0.2) is 19.2 Å². The van der Waals surface area contributed by atoms with Gasteiger partial charge in [0.05, 0.1) is 11.6 Å². The largest absolute Gasteiger partial charge is 0.444 e. The van der Waals surface area contributed by atoms with E-state index in [1.165, 1.54) is 12.1 Å². The van der Waals surface area contributed by atoms with Gasteiger partial charge in [-0.2, -0.15) is 5.10 Å². The predicted molar refractivity (Wildman–Crippen MR) is 170 cm³/mol. The maximum atomic E-state index is 13.6. The molecule has 11 heteroatoms. The quantitative estimate of drug-likeness (QED) is 0.386. The predicted octanol–water partition coefficient (Wildman–Crippen LogP) is 5.67. The lowest BCUT2D eigenvalue weighted by molar-refractivity contribution is 0.00823. The van der Waals surface area contributed by atoms with Gasteiger partial charge in [-0.05, 0) is 95.9 Å². The Bertz CT molecular complexity index is 1610. The van der Waals surface area contributed by atoms with Gasteiger partial charge in [-0.3, -0.25) is 9.67 Å². The monoisotopic (exact) mass is 602 g/mol. The fourth-order valence-electron chi connectivity index (χ4n) is 6.91. The van der Waals surface area contributed by atoms with Crippen molar-refractivity contribution >= 4 is 28.7 Å². The topological polar surface area (TPSA) is 124 Å². The van der Waals surface area contributed by atoms with Crippen molar-refractivity contribution in [1.82, 2.24) is 25.1 Å². The fourth-order valence-corrected chi connectivity index (χ4v) is 6.91. The molecule has 44 heavy (non-hydrogen) atoms. The molecule has 4 aliphatic rings. The van der Waals surface area contributed by atoms with Crippen LogP contribution in [0.5, 0.6) is 0 Å². The first-order chi connectivity index (χ1) is 20.8. The standard InChI is InChI=1S/C33H43FN8O2/c1-21(35)25-19-42(29-24-18-37-41(5)28(24)38-27(39-29)22-6-8-23(34)9-7-22)17-10-26(25)36-20-32-11-14-33(15-12-32,16-13-32)40-30(43)44-31(2,3)4/h6-9,18H,10-17,19-20,35H2,1-5H3,(H,40,43). The molecule has 2 bridgehead atoms. The number of piperidine rings is 1. The summed E-state index contributed by atoms with van der Waals surface area (Å²) in [5.74, 6) is 1.01. The Morgan fingerprint density at radius 3 is 2.43 bits per heavy atom. The molecule has 1 aliphatic heterocycles. The average molecular weight is 603 g/mol. The average Bonchev–Trinajstić information content (AvgIpc) is 3.36. The van der Waals surface area contributed by atoms with Crippen LogP contribution in [0.15, 0.2) is 46.7 Å². The minimum atomic E-state index is -0.506. The SMILES string of the molecule is CC(N)=C1CN(c2nc(-c3ccc(F)cc3)nc3c2cnn3C)CCC1=NCC12CCC(NC(=O)OC(C)(C)C)(CC1)CC2. The van der Waals surface area contributed by atoms with Crippen molar-refractivity contribution in [2.75, 3.05) is 24.5 Å². The summed E-state index contributed by atoms with van der Waals surface area (Å²) >= 11 is 0. The molecule has 0 atom stereocenters. The molecule has 4 fully saturated rings. The number of carbonyl (C=O) groups is 1. The molecule has 0 spiro atoms. The number of amides is 1. The number of anilines is 1. The number of allylic oxidation sites excluding steroid dienone is 1. The molecular weight excluding hydrogens is 559 g/mol. The van der Waals surface area contributed by atoms with Gasteiger partial charge in [0.15, 0.2) is 11.5 Å². The number of benzene rings is 1. The molecule has 1 saturated heterocycles. The van der Waals surface area contributed by atoms with Crippen LogP contribution in [-0.2, 0) is 11.8 Å². The number of ether oxygens (including phenoxy) is 1. The van der Waals surface area contributed by atoms with Crippen molar-refractivity contribution in [3.63, 3.8) is 0 Å². The number of aliphatic imine (C=N–C) groups is 1. The van der Waals surface area contributed by atoms with E-state index in [0.717, 1.165) is 97.4 Å². The molecule has 7 rings (SSSR count). The van der Waals surface area contributed by atoms with E-state index < -0.39 is 5.60 Å². The van der Waals surface area contributed by atoms with Crippen LogP contribution >= 0.6 is 0 Å². The highest BCUT2D eigenvalue weighted by Gasteiger charge is 2.49. The normalized spacial score (nSPS) is 25.9. The first-order valence-electron chi connectivity index (χ1n) is 15.6. The number of hydrogen-bond acceptors (Lipinski definition) is 8. The number of nitrogens with one attached hydrogen (secondary N) is 1. The molecule has 3 heterocycles. The summed E-state index contributed by atoms with van der Waals surface area (Å²) in [5, 5.41) is 8.52. The van der Waals surface area contributed by atoms with Gasteiger partial charge >= 0.3 is 6.09 Å². The Morgan fingerprint density at radius 1 is 1.11 bits per heavy atom. The molecule has 3 aliphatic carbocycles. The maximum absolute atomic E-state index is 13.6. The lowest BCUT2D eigenvalue weighted by Gasteiger charge is -2.53. The van der Waals surface area contributed by atoms with E-state index in [1.807, 2.05) is 34.7 Å². The summed E-state index contributed by atoms with van der Waals surface area (Å²) in [6.07, 6.45) is 8.21. The second-order valence-electron chi connectivity index (χ2n) is 13.9. The molecule has 3 saturated carbocycles. The zero-order chi connectivity index (χ0) is 31.3. The number of rotatable bonds is 5. The van der Waals surface area contributed by atoms with Crippen molar-refractivity contribution in [2.45, 2.75) is 83.8 Å². The summed E-state index contributed by atoms with van der Waals surface area (Å²) in [6, 6.07) is 6.23. The molecule has 1 amide bonds. The van der Waals surface area contributed by atoms with Gasteiger partial charge in [0.2, 0.25) is 0 Å². The van der Waals surface area contributed by atoms with Crippen LogP contribution in [0.25, 0.3) is 22.4 Å². The molecule has 234 valence electrons. The van der Waals surface area contributed by atoms with Crippen molar-refractivity contribution in [3.8, 4) is 11.4 Å². The molecule has 0 unspecified atom stereocenters. The second-order valence-corrected chi connectivity index (χ2v) is 13.9. The van der Waals surface area contributed by atoms with E-state index in [4.69, 9.17) is 25.4 Å². The first kappa shape index (κ1) is 30.0. The van der Waals surface area contributed by atoms with E-state index in [1.54, 1.807) is 23.0 Å². The number of halogens is 1. The van der Waals surface area contributed by atoms with Crippen LogP contribution < -0.4 is 16.0 Å². The van der Waals surface area contributed by atoms with Crippen LogP contribution in [0.2, 0.25) is 0 Å². The molecule has 1 aromatic carbocycles. The Kier molecular flexibility index (Phi) is 7.62. The molecule has 0 radical (unpaired) electrons. The summed E-state index contributed by atoms with van der Waals surface area (Å²) in [4.78, 5) is 29.7. The van der Waals surface area contributed by atoms with E-state index in [0.29, 0.717) is 12.4 Å². The lowest BCUT2D eigenvalue weighted by Crippen LogP contribution is -2.58. The number of aryl methyl sites for hydroxylation is 1. The van der Waals surface area contributed by atoms with Gasteiger partial charge in [-0.1, -0.05) is 0 Å². The van der Waals surface area contributed by atoms with Crippen molar-refractivity contribution in [2.24, 2.45) is 23.2 Å². The highest BCUT2D eigenvalue weighted by atomic mass is 19.1. The highest BCUT2D eigenvalue weighted by Crippen LogP contribution is 2.52. The van der Waals surface area contributed by atoms with Crippen LogP contribution in [0, 0.1) is 11.2 Å². The Balaban J connectivity index is 1.18. The molecule has 2 aromatic heterocycles. The number of aromatic nitrogens is 4. The summed E-state index contributed by atoms with van der Waals surface area (Å²) in [6.45, 7) is 9.71. The van der Waals surface area contributed by atoms with E-state index >= 15 is 0 Å². The van der Waals surface area contributed by atoms with Crippen molar-refractivity contribution < 1.29 is 13.9 Å². The second kappa shape index (κ2) is 11.2. The zero-order valence-electron chi connectivity index (χ0n) is 26.4. The van der Waals surface area contributed by atoms with Crippen LogP contribution in [0.4, 0.5) is 15.0 Å². The molecular formula is C33H43FN8O2. The number of hydrogen-bond donors (Lipinski definition) is 2. The minimum Gasteiger partial charge on any atom is -0.444 e. The number of alkyl carbamates (subject to hydrolysis) is 1. The minimum absolute atomic E-state index is 0.160. The Morgan fingerprint density at radius 2 is 1.80 bits per heavy atom. The third-order valence-electron chi connectivity index (χ3n) is 9.54. The summed E-state index contributed by atoms with van der Waals surface area (Å²) in [7, 11) is 1.86. The lowest BCUT2D eigenvalue weighted by atomic mass is 9.57. The van der Waals surface area contributed by atoms with Crippen LogP contribution in [0.3, 0.4) is 0 Å². The van der Waals surface area contributed by atoms with Crippen LogP contribution in [-0.4, -0.2) is 62.3 Å². The summed E-state index contributed by atoms with van der Waals surface area (Å²) in [5.41, 5.74) is 10.3. The van der Waals surface area contributed by atoms with E-state index in [2.05, 4.69) is 15.3 Å². The fraction of sp³-hybridized carbons (Fsp3) is 0.545. The molecule has 3 N–H and O–H groups in total. The highest BCUT2D eigenvalue weighted by molar-refractivity contribution is 6.03. The van der Waals surface area contributed by atoms with Gasteiger partial charge in [-0.15, -0.1) is 0 Å². The van der Waals surface area contributed by atoms with Gasteiger partial charge in [0, 0.05) is 61.2 Å². The van der Waals surface area contributed by atoms with E-state index in [9.17, 15) is 9.18 Å². The first-order valence-corrected chi connectivity index (χ1v) is 15.6. The Labute approximate surface area is 258 Å². The third kappa shape index (κ3) is 6.01. The summed E-state index contributed by atoms with van der Waals surface area (Å²) < 4.78 is 20.9. The number of nitrogens with two attached hydrogens (primary N) is 1. The number of fused-ring (bicyclic) bond motifs is 4. The van der Waals surface area contributed by atoms with E-state index in [-0.39, 0.29) is 22.9 Å². The van der Waals surface area contributed by atoms with Crippen molar-refractivity contribution in [3.05, 3.63) is 47.5 Å².